The third-order valence-electron chi connectivity index (χ3n) is 2.78. The van der Waals surface area contributed by atoms with Gasteiger partial charge in [-0.2, -0.15) is 11.8 Å². The molecule has 0 aromatic carbocycles. The van der Waals surface area contributed by atoms with Crippen molar-refractivity contribution in [2.75, 3.05) is 37.5 Å². The zero-order valence-corrected chi connectivity index (χ0v) is 12.6. The number of nitrogens with zero attached hydrogens (tertiary/aromatic N) is 1. The summed E-state index contributed by atoms with van der Waals surface area (Å²) in [4.78, 5) is 13.3. The maximum Gasteiger partial charge on any atom is 0.320 e. The lowest BCUT2D eigenvalue weighted by molar-refractivity contribution is -0.145. The van der Waals surface area contributed by atoms with Crippen molar-refractivity contribution < 1.29 is 17.9 Å². The molecule has 0 bridgehead atoms. The summed E-state index contributed by atoms with van der Waals surface area (Å²) in [6, 6.07) is 0. The van der Waals surface area contributed by atoms with E-state index in [1.165, 1.54) is 6.26 Å². The van der Waals surface area contributed by atoms with Crippen molar-refractivity contribution in [3.05, 3.63) is 0 Å². The Morgan fingerprint density at radius 1 is 1.50 bits per heavy atom. The number of unbranched alkanes of at least 4 members (excludes halogenated alkanes) is 1. The summed E-state index contributed by atoms with van der Waals surface area (Å²) in [6.45, 7) is 3.13. The van der Waals surface area contributed by atoms with Crippen molar-refractivity contribution in [3.8, 4) is 0 Å². The third-order valence-corrected chi connectivity index (χ3v) is 5.46. The molecule has 1 saturated heterocycles. The molecule has 0 saturated carbocycles. The number of sulfone groups is 1. The lowest BCUT2D eigenvalue weighted by atomic mass is 10.4. The van der Waals surface area contributed by atoms with Crippen molar-refractivity contribution in [2.45, 2.75) is 25.1 Å². The van der Waals surface area contributed by atoms with E-state index in [2.05, 4.69) is 0 Å². The van der Waals surface area contributed by atoms with E-state index < -0.39 is 15.2 Å². The quantitative estimate of drug-likeness (QED) is 0.532. The minimum absolute atomic E-state index is 0.0714. The van der Waals surface area contributed by atoms with Crippen molar-refractivity contribution in [3.63, 3.8) is 0 Å². The van der Waals surface area contributed by atoms with E-state index >= 15 is 0 Å². The molecule has 1 fully saturated rings. The second-order valence-corrected chi connectivity index (χ2v) is 7.76. The molecule has 0 amide bonds. The van der Waals surface area contributed by atoms with Gasteiger partial charge in [-0.05, 0) is 6.42 Å². The monoisotopic (exact) mass is 295 g/mol. The fourth-order valence-corrected chi connectivity index (χ4v) is 4.67. The Balaban J connectivity index is 2.49. The zero-order valence-electron chi connectivity index (χ0n) is 10.9. The minimum atomic E-state index is -3.15. The molecule has 7 heteroatoms. The van der Waals surface area contributed by atoms with Crippen molar-refractivity contribution in [1.29, 1.82) is 0 Å². The van der Waals surface area contributed by atoms with Crippen molar-refractivity contribution in [1.82, 2.24) is 4.90 Å². The summed E-state index contributed by atoms with van der Waals surface area (Å²) in [6.07, 6.45) is 3.04. The van der Waals surface area contributed by atoms with Gasteiger partial charge in [0.15, 0.2) is 9.84 Å². The molecular weight excluding hydrogens is 274 g/mol. The van der Waals surface area contributed by atoms with Crippen LogP contribution in [-0.2, 0) is 19.4 Å². The first-order valence-electron chi connectivity index (χ1n) is 6.11. The van der Waals surface area contributed by atoms with E-state index in [1.54, 1.807) is 16.7 Å². The molecule has 1 aliphatic heterocycles. The average Bonchev–Trinajstić information content (AvgIpc) is 2.28. The lowest BCUT2D eigenvalue weighted by Gasteiger charge is -2.32. The molecule has 1 aliphatic rings. The number of rotatable bonds is 6. The molecule has 0 aliphatic carbocycles. The lowest BCUT2D eigenvalue weighted by Crippen LogP contribution is -2.49. The van der Waals surface area contributed by atoms with Gasteiger partial charge in [0.05, 0.1) is 13.2 Å². The third kappa shape index (κ3) is 5.16. The molecule has 1 unspecified atom stereocenters. The highest BCUT2D eigenvalue weighted by atomic mass is 32.2. The molecule has 0 radical (unpaired) electrons. The van der Waals surface area contributed by atoms with Crippen LogP contribution in [0, 0.1) is 0 Å². The summed E-state index contributed by atoms with van der Waals surface area (Å²) in [7, 11) is -3.15. The van der Waals surface area contributed by atoms with E-state index in [4.69, 9.17) is 4.74 Å². The normalized spacial score (nSPS) is 21.8. The Hall–Kier alpha value is -0.270. The van der Waals surface area contributed by atoms with Crippen LogP contribution in [0.4, 0.5) is 0 Å². The van der Waals surface area contributed by atoms with Gasteiger partial charge in [0.2, 0.25) is 0 Å². The highest BCUT2D eigenvalue weighted by Crippen LogP contribution is 2.19. The number of thioether (sulfide) groups is 1. The van der Waals surface area contributed by atoms with Gasteiger partial charge in [-0.15, -0.1) is 0 Å². The number of ether oxygens (including phenoxy) is 1. The maximum absolute atomic E-state index is 11.6. The van der Waals surface area contributed by atoms with Crippen LogP contribution in [0.1, 0.15) is 19.8 Å². The Kier molecular flexibility index (Phi) is 6.45. The Labute approximate surface area is 113 Å². The number of hydrogen-bond acceptors (Lipinski definition) is 6. The average molecular weight is 295 g/mol. The SMILES string of the molecule is CCCCOC(=O)CN1CCSCC1S(C)(=O)=O. The predicted octanol–water partition coefficient (Wildman–Crippen LogP) is 0.749. The van der Waals surface area contributed by atoms with Crippen LogP contribution in [0.15, 0.2) is 0 Å². The number of hydrogen-bond donors (Lipinski definition) is 0. The molecule has 0 aromatic rings. The van der Waals surface area contributed by atoms with E-state index in [0.29, 0.717) is 18.9 Å². The molecule has 0 aromatic heterocycles. The molecule has 5 nitrogen and oxygen atoms in total. The van der Waals surface area contributed by atoms with Gasteiger partial charge in [-0.25, -0.2) is 8.42 Å². The number of carbonyl (C=O) groups excluding carboxylic acids is 1. The molecule has 0 spiro atoms. The van der Waals surface area contributed by atoms with Crippen LogP contribution in [0.5, 0.6) is 0 Å². The fraction of sp³-hybridized carbons (Fsp3) is 0.909. The molecule has 106 valence electrons. The topological polar surface area (TPSA) is 63.7 Å². The minimum Gasteiger partial charge on any atom is -0.465 e. The van der Waals surface area contributed by atoms with Gasteiger partial charge >= 0.3 is 5.97 Å². The van der Waals surface area contributed by atoms with Gasteiger partial charge in [0, 0.05) is 24.3 Å². The second-order valence-electron chi connectivity index (χ2n) is 4.40. The van der Waals surface area contributed by atoms with E-state index in [-0.39, 0.29) is 12.5 Å². The van der Waals surface area contributed by atoms with Gasteiger partial charge in [0.1, 0.15) is 5.37 Å². The Bertz CT molecular complexity index is 369. The van der Waals surface area contributed by atoms with Gasteiger partial charge in [-0.3, -0.25) is 9.69 Å². The van der Waals surface area contributed by atoms with Crippen LogP contribution in [-0.4, -0.2) is 62.1 Å². The highest BCUT2D eigenvalue weighted by molar-refractivity contribution is 8.00. The molecule has 1 heterocycles. The van der Waals surface area contributed by atoms with Crippen LogP contribution < -0.4 is 0 Å². The maximum atomic E-state index is 11.6. The summed E-state index contributed by atoms with van der Waals surface area (Å²) in [5.74, 6) is 1.05. The molecule has 1 atom stereocenters. The Morgan fingerprint density at radius 2 is 2.22 bits per heavy atom. The van der Waals surface area contributed by atoms with Gasteiger partial charge in [0.25, 0.3) is 0 Å². The molecule has 1 rings (SSSR count). The summed E-state index contributed by atoms with van der Waals surface area (Å²) in [5.41, 5.74) is 0. The fourth-order valence-electron chi connectivity index (χ4n) is 1.73. The van der Waals surface area contributed by atoms with E-state index in [1.807, 2.05) is 6.92 Å². The molecule has 18 heavy (non-hydrogen) atoms. The standard InChI is InChI=1S/C11H21NO4S2/c1-3-4-6-16-11(13)8-12-5-7-17-9-10(12)18(2,14)15/h10H,3-9H2,1-2H3. The first-order chi connectivity index (χ1) is 8.45. The Morgan fingerprint density at radius 3 is 2.83 bits per heavy atom. The van der Waals surface area contributed by atoms with Crippen molar-refractivity contribution >= 4 is 27.6 Å². The van der Waals surface area contributed by atoms with Gasteiger partial charge in [-0.1, -0.05) is 13.3 Å². The highest BCUT2D eigenvalue weighted by Gasteiger charge is 2.32. The van der Waals surface area contributed by atoms with Crippen LogP contribution in [0.2, 0.25) is 0 Å². The zero-order chi connectivity index (χ0) is 13.6. The second kappa shape index (κ2) is 7.35. The van der Waals surface area contributed by atoms with Crippen LogP contribution in [0.3, 0.4) is 0 Å². The largest absolute Gasteiger partial charge is 0.465 e. The first-order valence-corrected chi connectivity index (χ1v) is 9.22. The smallest absolute Gasteiger partial charge is 0.320 e. The first kappa shape index (κ1) is 15.8. The molecular formula is C11H21NO4S2. The predicted molar refractivity (Wildman–Crippen MR) is 73.4 cm³/mol. The number of esters is 1. The summed E-state index contributed by atoms with van der Waals surface area (Å²) < 4.78 is 28.3. The number of carbonyl (C=O) groups is 1. The van der Waals surface area contributed by atoms with E-state index in [0.717, 1.165) is 18.6 Å². The van der Waals surface area contributed by atoms with E-state index in [9.17, 15) is 13.2 Å². The summed E-state index contributed by atoms with van der Waals surface area (Å²) >= 11 is 1.61. The van der Waals surface area contributed by atoms with Crippen molar-refractivity contribution in [2.24, 2.45) is 0 Å². The molecule has 0 N–H and O–H groups in total. The van der Waals surface area contributed by atoms with Crippen LogP contribution >= 0.6 is 11.8 Å². The van der Waals surface area contributed by atoms with Crippen LogP contribution in [0.25, 0.3) is 0 Å². The van der Waals surface area contributed by atoms with Gasteiger partial charge < -0.3 is 4.74 Å². The summed E-state index contributed by atoms with van der Waals surface area (Å²) in [5, 5.41) is -0.560.